The highest BCUT2D eigenvalue weighted by Gasteiger charge is 2.22. The fraction of sp³-hybridized carbons (Fsp3) is 0.222. The molecule has 1 amide bonds. The minimum Gasteiger partial charge on any atom is -0.493 e. The lowest BCUT2D eigenvalue weighted by Gasteiger charge is -2.15. The Hall–Kier alpha value is -2.29. The summed E-state index contributed by atoms with van der Waals surface area (Å²) in [5.41, 5.74) is 0.153. The highest BCUT2D eigenvalue weighted by molar-refractivity contribution is 6.44. The van der Waals surface area contributed by atoms with Crippen molar-refractivity contribution < 1.29 is 32.6 Å². The van der Waals surface area contributed by atoms with Crippen LogP contribution in [0.4, 0.5) is 14.5 Å². The van der Waals surface area contributed by atoms with E-state index in [4.69, 9.17) is 44.3 Å². The number of amides is 1. The molecule has 6 nitrogen and oxygen atoms in total. The second-order valence-electron chi connectivity index (χ2n) is 5.53. The molecular weight excluding hydrogens is 455 g/mol. The number of nitrogens with one attached hydrogen (secondary N) is 1. The van der Waals surface area contributed by atoms with Crippen LogP contribution in [0.3, 0.4) is 0 Å². The van der Waals surface area contributed by atoms with Crippen LogP contribution in [0.1, 0.15) is 17.3 Å². The van der Waals surface area contributed by atoms with Crippen LogP contribution in [-0.4, -0.2) is 31.7 Å². The van der Waals surface area contributed by atoms with Crippen molar-refractivity contribution in [2.45, 2.75) is 19.6 Å². The fourth-order valence-electron chi connectivity index (χ4n) is 2.12. The molecule has 29 heavy (non-hydrogen) atoms. The molecule has 2 rings (SSSR count). The van der Waals surface area contributed by atoms with Gasteiger partial charge in [-0.2, -0.15) is 8.78 Å². The van der Waals surface area contributed by atoms with E-state index in [1.54, 1.807) is 0 Å². The second kappa shape index (κ2) is 9.96. The summed E-state index contributed by atoms with van der Waals surface area (Å²) >= 11 is 17.7. The van der Waals surface area contributed by atoms with Crippen molar-refractivity contribution >= 4 is 52.4 Å². The molecule has 156 valence electrons. The molecule has 1 N–H and O–H groups in total. The SMILES string of the molecule is COc1cc(C(=O)OC(C)C(=O)Nc2cc(Cl)c(Cl)cc2Cl)ccc1OC(F)F. The first kappa shape index (κ1) is 23.0. The third kappa shape index (κ3) is 6.09. The first-order valence-corrected chi connectivity index (χ1v) is 9.05. The van der Waals surface area contributed by atoms with Crippen molar-refractivity contribution in [2.75, 3.05) is 12.4 Å². The Morgan fingerprint density at radius 1 is 1.00 bits per heavy atom. The largest absolute Gasteiger partial charge is 0.493 e. The van der Waals surface area contributed by atoms with Gasteiger partial charge in [0, 0.05) is 0 Å². The zero-order chi connectivity index (χ0) is 21.7. The maximum absolute atomic E-state index is 12.4. The number of alkyl halides is 2. The summed E-state index contributed by atoms with van der Waals surface area (Å²) in [6.07, 6.45) is -1.21. The Labute approximate surface area is 179 Å². The van der Waals surface area contributed by atoms with Crippen LogP contribution in [0.15, 0.2) is 30.3 Å². The second-order valence-corrected chi connectivity index (χ2v) is 6.75. The van der Waals surface area contributed by atoms with Gasteiger partial charge in [-0.25, -0.2) is 4.79 Å². The van der Waals surface area contributed by atoms with E-state index in [0.717, 1.165) is 12.1 Å². The Bertz CT molecular complexity index is 927. The molecule has 1 atom stereocenters. The third-order valence-corrected chi connectivity index (χ3v) is 4.57. The Balaban J connectivity index is 2.08. The summed E-state index contributed by atoms with van der Waals surface area (Å²) in [6, 6.07) is 6.18. The molecule has 0 bridgehead atoms. The lowest BCUT2D eigenvalue weighted by molar-refractivity contribution is -0.123. The minimum atomic E-state index is -3.06. The van der Waals surface area contributed by atoms with Gasteiger partial charge in [-0.15, -0.1) is 0 Å². The van der Waals surface area contributed by atoms with E-state index in [9.17, 15) is 18.4 Å². The molecule has 0 saturated carbocycles. The predicted molar refractivity (Wildman–Crippen MR) is 105 cm³/mol. The summed E-state index contributed by atoms with van der Waals surface area (Å²) in [7, 11) is 1.22. The van der Waals surface area contributed by atoms with E-state index >= 15 is 0 Å². The van der Waals surface area contributed by atoms with E-state index in [1.165, 1.54) is 32.2 Å². The molecule has 0 radical (unpaired) electrons. The van der Waals surface area contributed by atoms with Crippen molar-refractivity contribution in [3.63, 3.8) is 0 Å². The van der Waals surface area contributed by atoms with Gasteiger partial charge in [0.1, 0.15) is 0 Å². The molecule has 0 saturated heterocycles. The highest BCUT2D eigenvalue weighted by atomic mass is 35.5. The molecule has 0 fully saturated rings. The molecule has 0 heterocycles. The first-order chi connectivity index (χ1) is 13.6. The number of hydrogen-bond acceptors (Lipinski definition) is 5. The van der Waals surface area contributed by atoms with Crippen molar-refractivity contribution in [2.24, 2.45) is 0 Å². The number of ether oxygens (including phenoxy) is 3. The predicted octanol–water partition coefficient (Wildman–Crippen LogP) is 5.44. The quantitative estimate of drug-likeness (QED) is 0.433. The van der Waals surface area contributed by atoms with Gasteiger partial charge in [-0.05, 0) is 37.3 Å². The first-order valence-electron chi connectivity index (χ1n) is 7.91. The van der Waals surface area contributed by atoms with E-state index in [2.05, 4.69) is 10.1 Å². The monoisotopic (exact) mass is 467 g/mol. The molecule has 0 aliphatic rings. The number of carbonyl (C=O) groups excluding carboxylic acids is 2. The van der Waals surface area contributed by atoms with Gasteiger partial charge < -0.3 is 19.5 Å². The van der Waals surface area contributed by atoms with Gasteiger partial charge in [0.25, 0.3) is 5.91 Å². The van der Waals surface area contributed by atoms with Crippen LogP contribution in [0, 0.1) is 0 Å². The minimum absolute atomic E-state index is 0.0318. The van der Waals surface area contributed by atoms with Gasteiger partial charge >= 0.3 is 12.6 Å². The van der Waals surface area contributed by atoms with Crippen LogP contribution in [0.25, 0.3) is 0 Å². The number of hydrogen-bond donors (Lipinski definition) is 1. The molecule has 0 aromatic heterocycles. The van der Waals surface area contributed by atoms with E-state index < -0.39 is 24.6 Å². The lowest BCUT2D eigenvalue weighted by Crippen LogP contribution is -2.30. The number of methoxy groups -OCH3 is 1. The smallest absolute Gasteiger partial charge is 0.387 e. The Morgan fingerprint density at radius 2 is 1.66 bits per heavy atom. The van der Waals surface area contributed by atoms with E-state index in [1.807, 2.05) is 0 Å². The van der Waals surface area contributed by atoms with Crippen molar-refractivity contribution in [1.82, 2.24) is 0 Å². The van der Waals surface area contributed by atoms with E-state index in [0.29, 0.717) is 0 Å². The van der Waals surface area contributed by atoms with Crippen LogP contribution >= 0.6 is 34.8 Å². The molecule has 1 unspecified atom stereocenters. The van der Waals surface area contributed by atoms with Crippen LogP contribution in [-0.2, 0) is 9.53 Å². The summed E-state index contributed by atoms with van der Waals surface area (Å²) < 4.78 is 39.0. The normalized spacial score (nSPS) is 11.7. The molecule has 11 heteroatoms. The Kier molecular flexibility index (Phi) is 7.89. The Morgan fingerprint density at radius 3 is 2.28 bits per heavy atom. The number of carbonyl (C=O) groups is 2. The van der Waals surface area contributed by atoms with Crippen molar-refractivity contribution in [1.29, 1.82) is 0 Å². The van der Waals surface area contributed by atoms with Crippen molar-refractivity contribution in [3.8, 4) is 11.5 Å². The fourth-order valence-corrected chi connectivity index (χ4v) is 2.72. The molecule has 0 aliphatic heterocycles. The molecular formula is C18H14Cl3F2NO5. The highest BCUT2D eigenvalue weighted by Crippen LogP contribution is 2.32. The number of anilines is 1. The zero-order valence-corrected chi connectivity index (χ0v) is 17.2. The summed E-state index contributed by atoms with van der Waals surface area (Å²) in [4.78, 5) is 24.5. The molecule has 0 aliphatic carbocycles. The number of halogens is 5. The maximum atomic E-state index is 12.4. The molecule has 0 spiro atoms. The summed E-state index contributed by atoms with van der Waals surface area (Å²) in [5.74, 6) is -1.91. The number of benzene rings is 2. The lowest BCUT2D eigenvalue weighted by atomic mass is 10.2. The topological polar surface area (TPSA) is 73.9 Å². The molecule has 2 aromatic rings. The average Bonchev–Trinajstić information content (AvgIpc) is 2.65. The number of esters is 1. The van der Waals surface area contributed by atoms with Gasteiger partial charge in [-0.1, -0.05) is 34.8 Å². The van der Waals surface area contributed by atoms with Gasteiger partial charge in [0.2, 0.25) is 0 Å². The summed E-state index contributed by atoms with van der Waals surface area (Å²) in [6.45, 7) is -1.72. The van der Waals surface area contributed by atoms with Crippen LogP contribution in [0.2, 0.25) is 15.1 Å². The van der Waals surface area contributed by atoms with Gasteiger partial charge in [0.15, 0.2) is 17.6 Å². The standard InChI is InChI=1S/C18H14Cl3F2NO5/c1-8(16(25)24-13-7-11(20)10(19)6-12(13)21)28-17(26)9-3-4-14(29-18(22)23)15(5-9)27-2/h3-8,18H,1-2H3,(H,24,25). The van der Waals surface area contributed by atoms with Crippen LogP contribution in [0.5, 0.6) is 11.5 Å². The maximum Gasteiger partial charge on any atom is 0.387 e. The van der Waals surface area contributed by atoms with Gasteiger partial charge in [0.05, 0.1) is 33.4 Å². The van der Waals surface area contributed by atoms with E-state index in [-0.39, 0.29) is 37.8 Å². The third-order valence-electron chi connectivity index (χ3n) is 3.54. The zero-order valence-electron chi connectivity index (χ0n) is 15.0. The average molecular weight is 469 g/mol. The van der Waals surface area contributed by atoms with Gasteiger partial charge in [-0.3, -0.25) is 4.79 Å². The number of rotatable bonds is 7. The van der Waals surface area contributed by atoms with Crippen molar-refractivity contribution in [3.05, 3.63) is 51.0 Å². The molecule has 2 aromatic carbocycles. The summed E-state index contributed by atoms with van der Waals surface area (Å²) in [5, 5.41) is 3.00. The van der Waals surface area contributed by atoms with Crippen LogP contribution < -0.4 is 14.8 Å².